The molecule has 0 unspecified atom stereocenters. The van der Waals surface area contributed by atoms with E-state index in [1.165, 1.54) is 10.9 Å². The van der Waals surface area contributed by atoms with E-state index in [2.05, 4.69) is 15.4 Å². The van der Waals surface area contributed by atoms with Crippen molar-refractivity contribution in [3.05, 3.63) is 66.0 Å². The summed E-state index contributed by atoms with van der Waals surface area (Å²) in [6, 6.07) is 14.8. The number of benzene rings is 2. The Morgan fingerprint density at radius 3 is 2.70 bits per heavy atom. The van der Waals surface area contributed by atoms with Crippen LogP contribution in [0.1, 0.15) is 27.3 Å². The zero-order chi connectivity index (χ0) is 20.7. The summed E-state index contributed by atoms with van der Waals surface area (Å²) in [5.74, 6) is -0.0882. The average Bonchev–Trinajstić information content (AvgIpc) is 3.30. The lowest BCUT2D eigenvalue weighted by atomic mass is 10.1. The Labute approximate surface area is 172 Å². The lowest BCUT2D eigenvalue weighted by Gasteiger charge is -2.30. The van der Waals surface area contributed by atoms with E-state index in [0.717, 1.165) is 17.5 Å². The number of nitrogens with zero attached hydrogens (tertiary/aromatic N) is 4. The lowest BCUT2D eigenvalue weighted by Crippen LogP contribution is -2.42. The molecule has 1 fully saturated rings. The maximum Gasteiger partial charge on any atom is 0.274 e. The van der Waals surface area contributed by atoms with E-state index in [0.29, 0.717) is 35.8 Å². The highest BCUT2D eigenvalue weighted by molar-refractivity contribution is 6.11. The molecule has 5 rings (SSSR count). The van der Waals surface area contributed by atoms with Gasteiger partial charge in [0.05, 0.1) is 11.8 Å². The van der Waals surface area contributed by atoms with Crippen molar-refractivity contribution in [3.8, 4) is 11.5 Å². The van der Waals surface area contributed by atoms with E-state index in [1.807, 2.05) is 36.4 Å². The number of carbonyl (C=O) groups is 2. The Kier molecular flexibility index (Phi) is 4.31. The van der Waals surface area contributed by atoms with Gasteiger partial charge in [0.25, 0.3) is 11.8 Å². The van der Waals surface area contributed by atoms with Crippen molar-refractivity contribution in [3.63, 3.8) is 0 Å². The van der Waals surface area contributed by atoms with E-state index < -0.39 is 5.91 Å². The number of anilines is 1. The summed E-state index contributed by atoms with van der Waals surface area (Å²) in [5.41, 5.74) is 3.33. The topological polar surface area (TPSA) is 93.3 Å². The van der Waals surface area contributed by atoms with Crippen molar-refractivity contribution in [1.29, 1.82) is 0 Å². The maximum absolute atomic E-state index is 13.0. The predicted molar refractivity (Wildman–Crippen MR) is 111 cm³/mol. The van der Waals surface area contributed by atoms with Crippen LogP contribution in [0.5, 0.6) is 0 Å². The van der Waals surface area contributed by atoms with Gasteiger partial charge in [0, 0.05) is 31.4 Å². The van der Waals surface area contributed by atoms with Crippen LogP contribution in [0.3, 0.4) is 0 Å². The molecular weight excluding hydrogens is 382 g/mol. The number of rotatable bonds is 4. The van der Waals surface area contributed by atoms with Gasteiger partial charge in [0.15, 0.2) is 5.58 Å². The number of amides is 2. The molecule has 1 N–H and O–H groups in total. The van der Waals surface area contributed by atoms with E-state index in [9.17, 15) is 9.59 Å². The number of para-hydroxylation sites is 2. The first-order valence-corrected chi connectivity index (χ1v) is 9.69. The molecular formula is C22H19N5O3. The Hall–Kier alpha value is -3.94. The van der Waals surface area contributed by atoms with Crippen LogP contribution in [0.2, 0.25) is 0 Å². The molecule has 0 atom stereocenters. The Morgan fingerprint density at radius 1 is 1.10 bits per heavy atom. The minimum atomic E-state index is -0.395. The Balaban J connectivity index is 1.41. The third-order valence-electron chi connectivity index (χ3n) is 5.19. The molecule has 0 bridgehead atoms. The normalized spacial score (nSPS) is 13.3. The van der Waals surface area contributed by atoms with Gasteiger partial charge in [0.1, 0.15) is 11.2 Å². The highest BCUT2D eigenvalue weighted by atomic mass is 16.3. The predicted octanol–water partition coefficient (Wildman–Crippen LogP) is 3.33. The van der Waals surface area contributed by atoms with Crippen molar-refractivity contribution in [2.24, 2.45) is 7.05 Å². The number of oxazole rings is 1. The zero-order valence-corrected chi connectivity index (χ0v) is 16.3. The number of hydrogen-bond donors (Lipinski definition) is 1. The summed E-state index contributed by atoms with van der Waals surface area (Å²) < 4.78 is 7.24. The van der Waals surface area contributed by atoms with E-state index in [4.69, 9.17) is 4.42 Å². The summed E-state index contributed by atoms with van der Waals surface area (Å²) >= 11 is 0. The van der Waals surface area contributed by atoms with Crippen LogP contribution in [0.25, 0.3) is 22.6 Å². The molecule has 0 radical (unpaired) electrons. The second kappa shape index (κ2) is 7.14. The first-order valence-electron chi connectivity index (χ1n) is 9.69. The number of hydrogen-bond acceptors (Lipinski definition) is 5. The van der Waals surface area contributed by atoms with Crippen LogP contribution in [0, 0.1) is 0 Å². The highest BCUT2D eigenvalue weighted by Gasteiger charge is 2.28. The number of carbonyl (C=O) groups excluding carboxylic acids is 2. The van der Waals surface area contributed by atoms with Gasteiger partial charge < -0.3 is 14.6 Å². The minimum Gasteiger partial charge on any atom is -0.436 e. The minimum absolute atomic E-state index is 0.167. The molecule has 4 aromatic rings. The fourth-order valence-electron chi connectivity index (χ4n) is 3.47. The summed E-state index contributed by atoms with van der Waals surface area (Å²) in [4.78, 5) is 31.8. The Bertz CT molecular complexity index is 1240. The monoisotopic (exact) mass is 401 g/mol. The van der Waals surface area contributed by atoms with Gasteiger partial charge in [-0.3, -0.25) is 14.3 Å². The lowest BCUT2D eigenvalue weighted by molar-refractivity contribution is 0.0648. The highest BCUT2D eigenvalue weighted by Crippen LogP contribution is 2.26. The van der Waals surface area contributed by atoms with Crippen LogP contribution < -0.4 is 5.32 Å². The van der Waals surface area contributed by atoms with Crippen LogP contribution >= 0.6 is 0 Å². The van der Waals surface area contributed by atoms with Crippen molar-refractivity contribution in [2.45, 2.75) is 6.42 Å². The van der Waals surface area contributed by atoms with Crippen LogP contribution in [0.15, 0.2) is 59.1 Å². The summed E-state index contributed by atoms with van der Waals surface area (Å²) in [6.45, 7) is 1.42. The number of fused-ring (bicyclic) bond motifs is 1. The van der Waals surface area contributed by atoms with Crippen molar-refractivity contribution >= 4 is 28.6 Å². The number of aromatic nitrogens is 3. The second-order valence-corrected chi connectivity index (χ2v) is 7.20. The van der Waals surface area contributed by atoms with Crippen molar-refractivity contribution < 1.29 is 14.0 Å². The van der Waals surface area contributed by atoms with E-state index in [-0.39, 0.29) is 11.6 Å². The molecule has 0 aliphatic carbocycles. The molecule has 3 heterocycles. The molecule has 1 saturated heterocycles. The quantitative estimate of drug-likeness (QED) is 0.566. The molecule has 2 aromatic carbocycles. The molecule has 2 aromatic heterocycles. The fourth-order valence-corrected chi connectivity index (χ4v) is 3.47. The van der Waals surface area contributed by atoms with Crippen LogP contribution in [-0.2, 0) is 7.05 Å². The summed E-state index contributed by atoms with van der Waals surface area (Å²) in [7, 11) is 1.65. The van der Waals surface area contributed by atoms with Crippen LogP contribution in [-0.4, -0.2) is 44.6 Å². The molecule has 2 amide bonds. The number of nitrogens with one attached hydrogen (secondary N) is 1. The molecule has 8 heteroatoms. The largest absolute Gasteiger partial charge is 0.436 e. The molecule has 0 saturated carbocycles. The van der Waals surface area contributed by atoms with Gasteiger partial charge in [-0.1, -0.05) is 18.2 Å². The molecule has 30 heavy (non-hydrogen) atoms. The fraction of sp³-hybridized carbons (Fsp3) is 0.182. The SMILES string of the molecule is Cn1ncc(C(=O)N2CCC2)c1C(=O)Nc1cccc(-c2nc3ccccc3o2)c1. The van der Waals surface area contributed by atoms with Crippen molar-refractivity contribution in [2.75, 3.05) is 18.4 Å². The maximum atomic E-state index is 13.0. The molecule has 8 nitrogen and oxygen atoms in total. The smallest absolute Gasteiger partial charge is 0.274 e. The van der Waals surface area contributed by atoms with Crippen LogP contribution in [0.4, 0.5) is 5.69 Å². The third-order valence-corrected chi connectivity index (χ3v) is 5.19. The van der Waals surface area contributed by atoms with Crippen molar-refractivity contribution in [1.82, 2.24) is 19.7 Å². The third kappa shape index (κ3) is 3.12. The molecule has 1 aliphatic rings. The Morgan fingerprint density at radius 2 is 1.93 bits per heavy atom. The van der Waals surface area contributed by atoms with Gasteiger partial charge >= 0.3 is 0 Å². The second-order valence-electron chi connectivity index (χ2n) is 7.20. The summed E-state index contributed by atoms with van der Waals surface area (Å²) in [5, 5.41) is 6.97. The van der Waals surface area contributed by atoms with E-state index in [1.54, 1.807) is 24.1 Å². The van der Waals surface area contributed by atoms with Gasteiger partial charge in [-0.2, -0.15) is 5.10 Å². The zero-order valence-electron chi connectivity index (χ0n) is 16.3. The number of likely N-dealkylation sites (tertiary alicyclic amines) is 1. The molecule has 150 valence electrons. The number of aryl methyl sites for hydroxylation is 1. The standard InChI is InChI=1S/C22H19N5O3/c1-26-19(16(13-23-26)22(29)27-10-5-11-27)20(28)24-15-7-4-6-14(12-15)21-25-17-8-2-3-9-18(17)30-21/h2-4,6-9,12-13H,5,10-11H2,1H3,(H,24,28). The first-order chi connectivity index (χ1) is 14.6. The van der Waals surface area contributed by atoms with Gasteiger partial charge in [-0.15, -0.1) is 0 Å². The van der Waals surface area contributed by atoms with Gasteiger partial charge in [-0.25, -0.2) is 4.98 Å². The first kappa shape index (κ1) is 18.1. The molecule has 0 spiro atoms. The van der Waals surface area contributed by atoms with Gasteiger partial charge in [-0.05, 0) is 36.8 Å². The van der Waals surface area contributed by atoms with E-state index >= 15 is 0 Å². The molecule has 1 aliphatic heterocycles. The van der Waals surface area contributed by atoms with Gasteiger partial charge in [0.2, 0.25) is 5.89 Å². The summed E-state index contributed by atoms with van der Waals surface area (Å²) in [6.07, 6.45) is 2.43. The average molecular weight is 401 g/mol.